The molecular formula is C23H17BrN2O2. The molecule has 28 heavy (non-hydrogen) atoms. The summed E-state index contributed by atoms with van der Waals surface area (Å²) in [6, 6.07) is 22.3. The molecule has 0 radical (unpaired) electrons. The number of benzene rings is 3. The van der Waals surface area contributed by atoms with Crippen LogP contribution in [0.4, 0.5) is 0 Å². The van der Waals surface area contributed by atoms with Crippen LogP contribution in [0.5, 0.6) is 5.75 Å². The third-order valence-electron chi connectivity index (χ3n) is 4.48. The van der Waals surface area contributed by atoms with E-state index in [2.05, 4.69) is 20.9 Å². The van der Waals surface area contributed by atoms with Gasteiger partial charge in [-0.15, -0.1) is 0 Å². The second-order valence-corrected chi connectivity index (χ2v) is 7.32. The number of rotatable bonds is 4. The van der Waals surface area contributed by atoms with E-state index in [4.69, 9.17) is 0 Å². The van der Waals surface area contributed by atoms with Crippen LogP contribution in [-0.4, -0.2) is 14.7 Å². The lowest BCUT2D eigenvalue weighted by Gasteiger charge is -2.11. The molecule has 4 aromatic rings. The van der Waals surface area contributed by atoms with Gasteiger partial charge in [-0.1, -0.05) is 58.4 Å². The van der Waals surface area contributed by atoms with Gasteiger partial charge in [0.1, 0.15) is 11.6 Å². The Balaban J connectivity index is 1.86. The Morgan fingerprint density at radius 3 is 2.54 bits per heavy atom. The molecule has 1 N–H and O–H groups in total. The molecule has 5 heteroatoms. The Bertz CT molecular complexity index is 1230. The minimum atomic E-state index is -0.0902. The summed E-state index contributed by atoms with van der Waals surface area (Å²) in [6.07, 6.45) is 3.52. The van der Waals surface area contributed by atoms with E-state index in [1.54, 1.807) is 34.9 Å². The van der Waals surface area contributed by atoms with Crippen LogP contribution in [0.25, 0.3) is 23.1 Å². The van der Waals surface area contributed by atoms with E-state index < -0.39 is 0 Å². The number of halogens is 1. The minimum absolute atomic E-state index is 0.0902. The largest absolute Gasteiger partial charge is 0.507 e. The van der Waals surface area contributed by atoms with Crippen LogP contribution in [0.15, 0.2) is 82.1 Å². The van der Waals surface area contributed by atoms with Crippen LogP contribution in [0, 0.1) is 0 Å². The van der Waals surface area contributed by atoms with Crippen molar-refractivity contribution >= 4 is 39.0 Å². The molecule has 0 unspecified atom stereocenters. The second-order valence-electron chi connectivity index (χ2n) is 6.40. The van der Waals surface area contributed by atoms with Crippen LogP contribution in [0.3, 0.4) is 0 Å². The summed E-state index contributed by atoms with van der Waals surface area (Å²) in [5.41, 5.74) is 2.21. The number of phenols is 1. The fraction of sp³-hybridized carbons (Fsp3) is 0.0435. The van der Waals surface area contributed by atoms with Crippen molar-refractivity contribution in [1.29, 1.82) is 0 Å². The van der Waals surface area contributed by atoms with E-state index in [-0.39, 0.29) is 11.3 Å². The van der Waals surface area contributed by atoms with Gasteiger partial charge in [-0.25, -0.2) is 4.98 Å². The Kier molecular flexibility index (Phi) is 5.08. The summed E-state index contributed by atoms with van der Waals surface area (Å²) in [6.45, 7) is 0.418. The first-order valence-corrected chi connectivity index (χ1v) is 9.61. The number of para-hydroxylation sites is 1. The number of hydrogen-bond donors (Lipinski definition) is 1. The van der Waals surface area contributed by atoms with Gasteiger partial charge < -0.3 is 5.11 Å². The summed E-state index contributed by atoms with van der Waals surface area (Å²) in [5.74, 6) is 0.698. The van der Waals surface area contributed by atoms with E-state index in [0.29, 0.717) is 28.8 Å². The van der Waals surface area contributed by atoms with Crippen LogP contribution in [-0.2, 0) is 6.54 Å². The fourth-order valence-corrected chi connectivity index (χ4v) is 3.43. The number of aromatic hydroxyl groups is 1. The van der Waals surface area contributed by atoms with E-state index >= 15 is 0 Å². The summed E-state index contributed by atoms with van der Waals surface area (Å²) >= 11 is 3.41. The first kappa shape index (κ1) is 18.2. The maximum Gasteiger partial charge on any atom is 0.261 e. The molecule has 0 aliphatic rings. The molecule has 1 aromatic heterocycles. The number of fused-ring (bicyclic) bond motifs is 1. The molecule has 0 bridgehead atoms. The molecule has 0 saturated heterocycles. The van der Waals surface area contributed by atoms with Crippen molar-refractivity contribution in [3.05, 3.63) is 105 Å². The number of hydrogen-bond acceptors (Lipinski definition) is 3. The first-order chi connectivity index (χ1) is 13.6. The molecular weight excluding hydrogens is 416 g/mol. The Hall–Kier alpha value is -3.18. The van der Waals surface area contributed by atoms with Crippen molar-refractivity contribution in [3.63, 3.8) is 0 Å². The van der Waals surface area contributed by atoms with Gasteiger partial charge in [-0.2, -0.15) is 0 Å². The van der Waals surface area contributed by atoms with Gasteiger partial charge in [0.2, 0.25) is 0 Å². The summed E-state index contributed by atoms with van der Waals surface area (Å²) in [5, 5.41) is 10.7. The standard InChI is InChI=1S/C23H17BrN2O2/c24-18-11-12-21(27)17(14-18)10-13-22-25-20-9-5-4-8-19(20)23(28)26(22)15-16-6-2-1-3-7-16/h1-14,27H,15H2/b13-10+. The van der Waals surface area contributed by atoms with Crippen LogP contribution in [0.2, 0.25) is 0 Å². The predicted molar refractivity (Wildman–Crippen MR) is 116 cm³/mol. The van der Waals surface area contributed by atoms with Gasteiger partial charge in [-0.05, 0) is 48.0 Å². The monoisotopic (exact) mass is 432 g/mol. The molecule has 4 nitrogen and oxygen atoms in total. The molecule has 0 spiro atoms. The van der Waals surface area contributed by atoms with Gasteiger partial charge in [0.15, 0.2) is 0 Å². The summed E-state index contributed by atoms with van der Waals surface area (Å²) in [7, 11) is 0. The van der Waals surface area contributed by atoms with Crippen molar-refractivity contribution in [2.45, 2.75) is 6.54 Å². The Morgan fingerprint density at radius 2 is 1.71 bits per heavy atom. The average Bonchev–Trinajstić information content (AvgIpc) is 2.72. The summed E-state index contributed by atoms with van der Waals surface area (Å²) < 4.78 is 2.52. The summed E-state index contributed by atoms with van der Waals surface area (Å²) in [4.78, 5) is 17.8. The Morgan fingerprint density at radius 1 is 0.964 bits per heavy atom. The molecule has 0 atom stereocenters. The Labute approximate surface area is 170 Å². The van der Waals surface area contributed by atoms with Crippen LogP contribution >= 0.6 is 15.9 Å². The SMILES string of the molecule is O=c1c2ccccc2nc(/C=C/c2cc(Br)ccc2O)n1Cc1ccccc1. The molecule has 138 valence electrons. The van der Waals surface area contributed by atoms with Crippen molar-refractivity contribution in [2.75, 3.05) is 0 Å². The molecule has 0 saturated carbocycles. The lowest BCUT2D eigenvalue weighted by molar-refractivity contribution is 0.474. The maximum atomic E-state index is 13.1. The van der Waals surface area contributed by atoms with Crippen molar-refractivity contribution in [2.24, 2.45) is 0 Å². The topological polar surface area (TPSA) is 55.1 Å². The number of nitrogens with zero attached hydrogens (tertiary/aromatic N) is 2. The zero-order valence-electron chi connectivity index (χ0n) is 14.9. The fourth-order valence-electron chi connectivity index (χ4n) is 3.05. The molecule has 0 amide bonds. The molecule has 0 aliphatic heterocycles. The molecule has 0 aliphatic carbocycles. The zero-order chi connectivity index (χ0) is 19.5. The normalized spacial score (nSPS) is 11.3. The quantitative estimate of drug-likeness (QED) is 0.488. The van der Waals surface area contributed by atoms with E-state index in [1.807, 2.05) is 54.6 Å². The van der Waals surface area contributed by atoms with Crippen molar-refractivity contribution in [3.8, 4) is 5.75 Å². The highest BCUT2D eigenvalue weighted by molar-refractivity contribution is 9.10. The van der Waals surface area contributed by atoms with E-state index in [9.17, 15) is 9.90 Å². The van der Waals surface area contributed by atoms with Gasteiger partial charge in [-0.3, -0.25) is 9.36 Å². The lowest BCUT2D eigenvalue weighted by Crippen LogP contribution is -2.24. The second kappa shape index (κ2) is 7.82. The molecule has 0 fully saturated rings. The van der Waals surface area contributed by atoms with Crippen LogP contribution < -0.4 is 5.56 Å². The van der Waals surface area contributed by atoms with E-state index in [1.165, 1.54) is 0 Å². The van der Waals surface area contributed by atoms with Gasteiger partial charge in [0.05, 0.1) is 17.4 Å². The van der Waals surface area contributed by atoms with Gasteiger partial charge >= 0.3 is 0 Å². The highest BCUT2D eigenvalue weighted by Gasteiger charge is 2.10. The average molecular weight is 433 g/mol. The highest BCUT2D eigenvalue weighted by Crippen LogP contribution is 2.24. The van der Waals surface area contributed by atoms with Crippen LogP contribution in [0.1, 0.15) is 17.0 Å². The number of aromatic nitrogens is 2. The highest BCUT2D eigenvalue weighted by atomic mass is 79.9. The van der Waals surface area contributed by atoms with Gasteiger partial charge in [0, 0.05) is 10.0 Å². The maximum absolute atomic E-state index is 13.1. The first-order valence-electron chi connectivity index (χ1n) is 8.82. The lowest BCUT2D eigenvalue weighted by atomic mass is 10.1. The van der Waals surface area contributed by atoms with Crippen molar-refractivity contribution in [1.82, 2.24) is 9.55 Å². The van der Waals surface area contributed by atoms with Gasteiger partial charge in [0.25, 0.3) is 5.56 Å². The smallest absolute Gasteiger partial charge is 0.261 e. The zero-order valence-corrected chi connectivity index (χ0v) is 16.5. The number of phenolic OH excluding ortho intramolecular Hbond substituents is 1. The molecule has 1 heterocycles. The van der Waals surface area contributed by atoms with E-state index in [0.717, 1.165) is 10.0 Å². The van der Waals surface area contributed by atoms with Crippen molar-refractivity contribution < 1.29 is 5.11 Å². The third kappa shape index (κ3) is 3.75. The molecule has 3 aromatic carbocycles. The molecule has 4 rings (SSSR count). The predicted octanol–water partition coefficient (Wildman–Crippen LogP) is 5.08. The third-order valence-corrected chi connectivity index (χ3v) is 4.97. The minimum Gasteiger partial charge on any atom is -0.507 e.